The van der Waals surface area contributed by atoms with E-state index in [1.807, 2.05) is 49.1 Å². The lowest BCUT2D eigenvalue weighted by molar-refractivity contribution is 0.527. The van der Waals surface area contributed by atoms with E-state index in [2.05, 4.69) is 25.2 Å². The third-order valence-corrected chi connectivity index (χ3v) is 4.19. The van der Waals surface area contributed by atoms with E-state index in [1.54, 1.807) is 0 Å². The van der Waals surface area contributed by atoms with Crippen molar-refractivity contribution in [3.63, 3.8) is 0 Å². The van der Waals surface area contributed by atoms with Gasteiger partial charge in [-0.2, -0.15) is 17.0 Å². The average molecular weight is 248 g/mol. The summed E-state index contributed by atoms with van der Waals surface area (Å²) in [6.07, 6.45) is 0. The lowest BCUT2D eigenvalue weighted by atomic mass is 9.94. The van der Waals surface area contributed by atoms with E-state index in [1.165, 1.54) is 0 Å². The van der Waals surface area contributed by atoms with Gasteiger partial charge in [-0.3, -0.25) is 5.32 Å². The van der Waals surface area contributed by atoms with E-state index in [0.717, 1.165) is 17.1 Å². The zero-order valence-corrected chi connectivity index (χ0v) is 11.6. The van der Waals surface area contributed by atoms with Gasteiger partial charge in [0.25, 0.3) is 0 Å². The largest absolute Gasteiger partial charge is 0.298 e. The molecule has 0 radical (unpaired) electrons. The molecule has 3 heteroatoms. The smallest absolute Gasteiger partial charge is 0.141 e. The summed E-state index contributed by atoms with van der Waals surface area (Å²) in [6, 6.07) is 12.4. The molecule has 0 fully saturated rings. The van der Waals surface area contributed by atoms with Gasteiger partial charge >= 0.3 is 0 Å². The van der Waals surface area contributed by atoms with Crippen LogP contribution in [-0.2, 0) is 5.54 Å². The van der Waals surface area contributed by atoms with E-state index in [4.69, 9.17) is 0 Å². The van der Waals surface area contributed by atoms with Crippen LogP contribution in [0.5, 0.6) is 0 Å². The summed E-state index contributed by atoms with van der Waals surface area (Å²) in [5, 5.41) is 12.6. The minimum atomic E-state index is -0.569. The summed E-state index contributed by atoms with van der Waals surface area (Å²) in [5.74, 6) is 2.52. The highest BCUT2D eigenvalue weighted by Crippen LogP contribution is 2.25. The first-order chi connectivity index (χ1) is 8.14. The van der Waals surface area contributed by atoms with E-state index in [0.29, 0.717) is 5.92 Å². The summed E-state index contributed by atoms with van der Waals surface area (Å²) in [4.78, 5) is 0. The first-order valence-electron chi connectivity index (χ1n) is 5.88. The van der Waals surface area contributed by atoms with Gasteiger partial charge < -0.3 is 0 Å². The molecule has 1 aromatic rings. The minimum Gasteiger partial charge on any atom is -0.298 e. The summed E-state index contributed by atoms with van der Waals surface area (Å²) >= 11 is 1.83. The van der Waals surface area contributed by atoms with Gasteiger partial charge in [0.1, 0.15) is 5.54 Å². The van der Waals surface area contributed by atoms with Crippen molar-refractivity contribution < 1.29 is 0 Å². The van der Waals surface area contributed by atoms with Crippen LogP contribution in [0.2, 0.25) is 0 Å². The maximum atomic E-state index is 9.47. The maximum absolute atomic E-state index is 9.47. The topological polar surface area (TPSA) is 35.8 Å². The van der Waals surface area contributed by atoms with Crippen molar-refractivity contribution in [2.75, 3.05) is 18.6 Å². The SMILES string of the molecule is CNC(C#N)(CSCC(C)C)c1ccccc1. The monoisotopic (exact) mass is 248 g/mol. The van der Waals surface area contributed by atoms with Gasteiger partial charge in [0.05, 0.1) is 6.07 Å². The fourth-order valence-electron chi connectivity index (χ4n) is 1.62. The zero-order chi connectivity index (χ0) is 12.7. The Hall–Kier alpha value is -0.980. The predicted molar refractivity (Wildman–Crippen MR) is 75.0 cm³/mol. The zero-order valence-electron chi connectivity index (χ0n) is 10.7. The molecule has 0 amide bonds. The first-order valence-corrected chi connectivity index (χ1v) is 7.03. The lowest BCUT2D eigenvalue weighted by Crippen LogP contribution is -2.41. The third kappa shape index (κ3) is 3.76. The fourth-order valence-corrected chi connectivity index (χ4v) is 2.89. The van der Waals surface area contributed by atoms with Crippen molar-refractivity contribution in [3.8, 4) is 6.07 Å². The Morgan fingerprint density at radius 2 is 2.00 bits per heavy atom. The molecule has 1 atom stereocenters. The Balaban J connectivity index is 2.80. The Labute approximate surface area is 108 Å². The first kappa shape index (κ1) is 14.1. The summed E-state index contributed by atoms with van der Waals surface area (Å²) < 4.78 is 0. The van der Waals surface area contributed by atoms with Crippen LogP contribution in [-0.4, -0.2) is 18.6 Å². The molecule has 1 aromatic carbocycles. The molecule has 0 saturated heterocycles. The van der Waals surface area contributed by atoms with Gasteiger partial charge in [0.15, 0.2) is 0 Å². The summed E-state index contributed by atoms with van der Waals surface area (Å²) in [5.41, 5.74) is 0.474. The molecule has 0 spiro atoms. The lowest BCUT2D eigenvalue weighted by Gasteiger charge is -2.26. The molecular weight excluding hydrogens is 228 g/mol. The molecular formula is C14H20N2S. The van der Waals surface area contributed by atoms with Crippen LogP contribution in [0.15, 0.2) is 30.3 Å². The van der Waals surface area contributed by atoms with Crippen LogP contribution in [0.1, 0.15) is 19.4 Å². The highest BCUT2D eigenvalue weighted by molar-refractivity contribution is 7.99. The average Bonchev–Trinajstić information content (AvgIpc) is 2.36. The molecule has 0 aromatic heterocycles. The van der Waals surface area contributed by atoms with E-state index < -0.39 is 5.54 Å². The van der Waals surface area contributed by atoms with Gasteiger partial charge in [-0.05, 0) is 24.3 Å². The number of benzene rings is 1. The van der Waals surface area contributed by atoms with Gasteiger partial charge in [0.2, 0.25) is 0 Å². The molecule has 0 aliphatic heterocycles. The van der Waals surface area contributed by atoms with Crippen molar-refractivity contribution in [2.45, 2.75) is 19.4 Å². The van der Waals surface area contributed by atoms with Gasteiger partial charge in [0, 0.05) is 5.75 Å². The molecule has 17 heavy (non-hydrogen) atoms. The summed E-state index contributed by atoms with van der Waals surface area (Å²) in [7, 11) is 1.85. The second-order valence-electron chi connectivity index (χ2n) is 4.54. The Bertz CT molecular complexity index is 370. The molecule has 0 heterocycles. The molecule has 0 aliphatic rings. The standard InChI is InChI=1S/C14H20N2S/c1-12(2)9-17-11-14(10-15,16-3)13-7-5-4-6-8-13/h4-8,12,16H,9,11H2,1-3H3. The number of nitrogens with zero attached hydrogens (tertiary/aromatic N) is 1. The van der Waals surface area contributed by atoms with Gasteiger partial charge in [-0.25, -0.2) is 0 Å². The van der Waals surface area contributed by atoms with E-state index in [-0.39, 0.29) is 0 Å². The quantitative estimate of drug-likeness (QED) is 0.840. The number of hydrogen-bond acceptors (Lipinski definition) is 3. The van der Waals surface area contributed by atoms with Crippen molar-refractivity contribution in [2.24, 2.45) is 5.92 Å². The molecule has 92 valence electrons. The number of nitrogens with one attached hydrogen (secondary N) is 1. The highest BCUT2D eigenvalue weighted by atomic mass is 32.2. The van der Waals surface area contributed by atoms with Crippen LogP contribution >= 0.6 is 11.8 Å². The molecule has 1 unspecified atom stereocenters. The Kier molecular flexibility index (Phi) is 5.54. The Morgan fingerprint density at radius 1 is 1.35 bits per heavy atom. The highest BCUT2D eigenvalue weighted by Gasteiger charge is 2.30. The normalized spacial score (nSPS) is 14.3. The van der Waals surface area contributed by atoms with Crippen molar-refractivity contribution in [1.82, 2.24) is 5.32 Å². The van der Waals surface area contributed by atoms with Crippen LogP contribution < -0.4 is 5.32 Å². The molecule has 0 bridgehead atoms. The Morgan fingerprint density at radius 3 is 2.47 bits per heavy atom. The number of rotatable bonds is 6. The fraction of sp³-hybridized carbons (Fsp3) is 0.500. The van der Waals surface area contributed by atoms with Crippen LogP contribution in [0.3, 0.4) is 0 Å². The molecule has 2 nitrogen and oxygen atoms in total. The molecule has 1 rings (SSSR count). The predicted octanol–water partition coefficient (Wildman–Crippen LogP) is 3.01. The number of hydrogen-bond donors (Lipinski definition) is 1. The third-order valence-electron chi connectivity index (χ3n) is 2.65. The summed E-state index contributed by atoms with van der Waals surface area (Å²) in [6.45, 7) is 4.39. The van der Waals surface area contributed by atoms with E-state index >= 15 is 0 Å². The second-order valence-corrected chi connectivity index (χ2v) is 5.57. The van der Waals surface area contributed by atoms with Crippen LogP contribution in [0, 0.1) is 17.2 Å². The van der Waals surface area contributed by atoms with Crippen LogP contribution in [0.4, 0.5) is 0 Å². The molecule has 0 saturated carbocycles. The van der Waals surface area contributed by atoms with Gasteiger partial charge in [-0.15, -0.1) is 0 Å². The number of thioether (sulfide) groups is 1. The van der Waals surface area contributed by atoms with Gasteiger partial charge in [-0.1, -0.05) is 44.2 Å². The minimum absolute atomic E-state index is 0.569. The molecule has 1 N–H and O–H groups in total. The van der Waals surface area contributed by atoms with Crippen molar-refractivity contribution >= 4 is 11.8 Å². The van der Waals surface area contributed by atoms with Crippen molar-refractivity contribution in [3.05, 3.63) is 35.9 Å². The van der Waals surface area contributed by atoms with Crippen molar-refractivity contribution in [1.29, 1.82) is 5.26 Å². The van der Waals surface area contributed by atoms with Crippen LogP contribution in [0.25, 0.3) is 0 Å². The number of nitriles is 1. The molecule has 0 aliphatic carbocycles. The van der Waals surface area contributed by atoms with E-state index in [9.17, 15) is 5.26 Å². The second kappa shape index (κ2) is 6.68. The maximum Gasteiger partial charge on any atom is 0.141 e.